The number of carbonyl (C=O) groups is 1. The second-order valence-corrected chi connectivity index (χ2v) is 6.32. The molecule has 0 N–H and O–H groups in total. The van der Waals surface area contributed by atoms with Crippen molar-refractivity contribution >= 4 is 32.7 Å². The lowest BCUT2D eigenvalue weighted by Gasteiger charge is -2.12. The minimum absolute atomic E-state index is 0.218. The molecule has 0 atom stereocenters. The topological polar surface area (TPSA) is 61.2 Å². The summed E-state index contributed by atoms with van der Waals surface area (Å²) in [6.45, 7) is 3.50. The number of nitrogens with zero attached hydrogens (tertiary/aromatic N) is 2. The first kappa shape index (κ1) is 16.4. The van der Waals surface area contributed by atoms with Crippen LogP contribution in [0.5, 0.6) is 0 Å². The van der Waals surface area contributed by atoms with Gasteiger partial charge in [-0.05, 0) is 44.2 Å². The predicted molar refractivity (Wildman–Crippen MR) is 95.9 cm³/mol. The summed E-state index contributed by atoms with van der Waals surface area (Å²) >= 11 is 3.38. The third-order valence-corrected chi connectivity index (χ3v) is 4.44. The zero-order chi connectivity index (χ0) is 17.4. The van der Waals surface area contributed by atoms with E-state index >= 15 is 0 Å². The van der Waals surface area contributed by atoms with Crippen molar-refractivity contribution in [2.75, 3.05) is 7.11 Å². The van der Waals surface area contributed by atoms with E-state index in [2.05, 4.69) is 20.9 Å². The number of methoxy groups -OCH3 is 1. The van der Waals surface area contributed by atoms with Crippen molar-refractivity contribution < 1.29 is 9.53 Å². The van der Waals surface area contributed by atoms with Crippen molar-refractivity contribution in [1.29, 1.82) is 0 Å². The molecule has 3 rings (SSSR count). The van der Waals surface area contributed by atoms with Gasteiger partial charge in [0.25, 0.3) is 5.56 Å². The predicted octanol–water partition coefficient (Wildman–Crippen LogP) is 3.55. The van der Waals surface area contributed by atoms with Gasteiger partial charge in [-0.25, -0.2) is 4.79 Å². The van der Waals surface area contributed by atoms with Crippen LogP contribution in [-0.2, 0) is 4.74 Å². The molecule has 0 aliphatic rings. The van der Waals surface area contributed by atoms with Gasteiger partial charge in [-0.1, -0.05) is 15.9 Å². The van der Waals surface area contributed by atoms with E-state index in [0.29, 0.717) is 27.7 Å². The number of benzene rings is 1. The van der Waals surface area contributed by atoms with E-state index in [0.717, 1.165) is 10.2 Å². The Morgan fingerprint density at radius 2 is 1.79 bits per heavy atom. The Balaban J connectivity index is 2.36. The van der Waals surface area contributed by atoms with Gasteiger partial charge in [0.05, 0.1) is 29.4 Å². The molecule has 0 saturated heterocycles. The lowest BCUT2D eigenvalue weighted by Crippen LogP contribution is -2.20. The summed E-state index contributed by atoms with van der Waals surface area (Å²) in [6.07, 6.45) is 1.67. The van der Waals surface area contributed by atoms with Crippen molar-refractivity contribution in [2.45, 2.75) is 13.8 Å². The van der Waals surface area contributed by atoms with Gasteiger partial charge >= 0.3 is 5.97 Å². The third-order valence-electron chi connectivity index (χ3n) is 3.91. The lowest BCUT2D eigenvalue weighted by atomic mass is 10.0. The number of hydrogen-bond acceptors (Lipinski definition) is 4. The van der Waals surface area contributed by atoms with Crippen LogP contribution in [0.4, 0.5) is 0 Å². The Labute approximate surface area is 147 Å². The van der Waals surface area contributed by atoms with Crippen LogP contribution in [0.3, 0.4) is 0 Å². The van der Waals surface area contributed by atoms with Crippen molar-refractivity contribution in [3.63, 3.8) is 0 Å². The van der Waals surface area contributed by atoms with Crippen LogP contribution < -0.4 is 5.56 Å². The summed E-state index contributed by atoms with van der Waals surface area (Å²) in [4.78, 5) is 29.4. The molecule has 0 saturated carbocycles. The zero-order valence-corrected chi connectivity index (χ0v) is 15.0. The maximum Gasteiger partial charge on any atom is 0.340 e. The summed E-state index contributed by atoms with van der Waals surface area (Å²) in [6, 6.07) is 9.18. The van der Waals surface area contributed by atoms with Crippen LogP contribution >= 0.6 is 15.9 Å². The molecule has 1 aromatic carbocycles. The standard InChI is InChI=1S/C18H15BrN2O3/c1-10-15-14(16(11(2)20-10)18(23)24-3)8-9-21(17(15)22)13-6-4-12(19)5-7-13/h4-9H,1-3H3. The highest BCUT2D eigenvalue weighted by Crippen LogP contribution is 2.23. The maximum absolute atomic E-state index is 13.0. The number of aromatic nitrogens is 2. The summed E-state index contributed by atoms with van der Waals surface area (Å²) in [7, 11) is 1.32. The maximum atomic E-state index is 13.0. The van der Waals surface area contributed by atoms with Gasteiger partial charge in [-0.2, -0.15) is 0 Å². The molecule has 6 heteroatoms. The Bertz CT molecular complexity index is 1010. The number of esters is 1. The Kier molecular flexibility index (Phi) is 4.24. The van der Waals surface area contributed by atoms with E-state index in [1.165, 1.54) is 7.11 Å². The fourth-order valence-electron chi connectivity index (χ4n) is 2.82. The highest BCUT2D eigenvalue weighted by atomic mass is 79.9. The third kappa shape index (κ3) is 2.63. The van der Waals surface area contributed by atoms with Gasteiger partial charge in [-0.3, -0.25) is 14.3 Å². The van der Waals surface area contributed by atoms with E-state index in [1.807, 2.05) is 24.3 Å². The van der Waals surface area contributed by atoms with E-state index in [1.54, 1.807) is 30.7 Å². The summed E-state index contributed by atoms with van der Waals surface area (Å²) in [5.74, 6) is -0.495. The first-order valence-corrected chi connectivity index (χ1v) is 8.10. The van der Waals surface area contributed by atoms with Crippen molar-refractivity contribution in [3.8, 4) is 5.69 Å². The molecule has 0 amide bonds. The molecule has 0 bridgehead atoms. The lowest BCUT2D eigenvalue weighted by molar-refractivity contribution is 0.0601. The van der Waals surface area contributed by atoms with Gasteiger partial charge in [0.15, 0.2) is 0 Å². The fraction of sp³-hybridized carbons (Fsp3) is 0.167. The number of aryl methyl sites for hydroxylation is 2. The van der Waals surface area contributed by atoms with Crippen LogP contribution in [0, 0.1) is 13.8 Å². The minimum Gasteiger partial charge on any atom is -0.465 e. The van der Waals surface area contributed by atoms with Gasteiger partial charge in [-0.15, -0.1) is 0 Å². The van der Waals surface area contributed by atoms with Crippen molar-refractivity contribution in [2.24, 2.45) is 0 Å². The van der Waals surface area contributed by atoms with E-state index in [-0.39, 0.29) is 5.56 Å². The highest BCUT2D eigenvalue weighted by molar-refractivity contribution is 9.10. The van der Waals surface area contributed by atoms with Gasteiger partial charge in [0.1, 0.15) is 0 Å². The number of rotatable bonds is 2. The number of fused-ring (bicyclic) bond motifs is 1. The number of hydrogen-bond donors (Lipinski definition) is 0. The van der Waals surface area contributed by atoms with E-state index in [9.17, 15) is 9.59 Å². The molecule has 2 heterocycles. The average molecular weight is 387 g/mol. The second-order valence-electron chi connectivity index (χ2n) is 5.41. The summed E-state index contributed by atoms with van der Waals surface area (Å²) in [5, 5.41) is 0.983. The Hall–Kier alpha value is -2.47. The molecule has 0 fully saturated rings. The average Bonchev–Trinajstić information content (AvgIpc) is 2.55. The molecule has 0 aliphatic heterocycles. The Morgan fingerprint density at radius 3 is 2.42 bits per heavy atom. The van der Waals surface area contributed by atoms with Crippen LogP contribution in [0.1, 0.15) is 21.7 Å². The first-order chi connectivity index (χ1) is 11.4. The van der Waals surface area contributed by atoms with Crippen LogP contribution in [0.25, 0.3) is 16.5 Å². The molecule has 0 unspecified atom stereocenters. The number of ether oxygens (including phenoxy) is 1. The van der Waals surface area contributed by atoms with Gasteiger partial charge < -0.3 is 4.74 Å². The number of pyridine rings is 2. The molecule has 24 heavy (non-hydrogen) atoms. The molecule has 2 aromatic heterocycles. The summed E-state index contributed by atoms with van der Waals surface area (Å²) < 4.78 is 7.31. The van der Waals surface area contributed by atoms with Crippen LogP contribution in [0.2, 0.25) is 0 Å². The highest BCUT2D eigenvalue weighted by Gasteiger charge is 2.19. The summed E-state index contributed by atoms with van der Waals surface area (Å²) in [5.41, 5.74) is 1.99. The minimum atomic E-state index is -0.495. The van der Waals surface area contributed by atoms with Gasteiger partial charge in [0, 0.05) is 21.7 Å². The molecule has 0 spiro atoms. The number of halogens is 1. The first-order valence-electron chi connectivity index (χ1n) is 7.31. The second kappa shape index (κ2) is 6.20. The van der Waals surface area contributed by atoms with Crippen molar-refractivity contribution in [1.82, 2.24) is 9.55 Å². The Morgan fingerprint density at radius 1 is 1.12 bits per heavy atom. The van der Waals surface area contributed by atoms with Crippen LogP contribution in [-0.4, -0.2) is 22.6 Å². The van der Waals surface area contributed by atoms with E-state index < -0.39 is 5.97 Å². The van der Waals surface area contributed by atoms with E-state index in [4.69, 9.17) is 4.74 Å². The molecule has 0 radical (unpaired) electrons. The zero-order valence-electron chi connectivity index (χ0n) is 13.5. The monoisotopic (exact) mass is 386 g/mol. The normalized spacial score (nSPS) is 10.8. The largest absolute Gasteiger partial charge is 0.465 e. The smallest absolute Gasteiger partial charge is 0.340 e. The molecular formula is C18H15BrN2O3. The SMILES string of the molecule is COC(=O)c1c(C)nc(C)c2c(=O)n(-c3ccc(Br)cc3)ccc12. The quantitative estimate of drug-likeness (QED) is 0.631. The molecular weight excluding hydrogens is 372 g/mol. The molecule has 5 nitrogen and oxygen atoms in total. The van der Waals surface area contributed by atoms with Crippen molar-refractivity contribution in [3.05, 3.63) is 68.3 Å². The molecule has 3 aromatic rings. The van der Waals surface area contributed by atoms with Gasteiger partial charge in [0.2, 0.25) is 0 Å². The number of carbonyl (C=O) groups excluding carboxylic acids is 1. The fourth-order valence-corrected chi connectivity index (χ4v) is 3.08. The van der Waals surface area contributed by atoms with Crippen LogP contribution in [0.15, 0.2) is 45.8 Å². The molecule has 122 valence electrons. The molecule has 0 aliphatic carbocycles.